The molecule has 4 rings (SSSR count). The zero-order chi connectivity index (χ0) is 40.4. The average Bonchev–Trinajstić information content (AvgIpc) is 3.52. The molecule has 0 spiro atoms. The van der Waals surface area contributed by atoms with Gasteiger partial charge in [0.15, 0.2) is 0 Å². The summed E-state index contributed by atoms with van der Waals surface area (Å²) in [5.74, 6) is -4.37. The summed E-state index contributed by atoms with van der Waals surface area (Å²) < 4.78 is 41.5. The van der Waals surface area contributed by atoms with E-state index in [4.69, 9.17) is 19.4 Å². The van der Waals surface area contributed by atoms with Gasteiger partial charge in [-0.3, -0.25) is 0 Å². The number of hydrogen-bond donors (Lipinski definition) is 1. The third-order valence-corrected chi connectivity index (χ3v) is 10.9. The number of aromatic nitrogens is 1. The quantitative estimate of drug-likeness (QED) is 0.0864. The van der Waals surface area contributed by atoms with Gasteiger partial charge in [0.2, 0.25) is 9.84 Å². The molecule has 4 aromatic rings. The lowest BCUT2D eigenvalue weighted by Crippen LogP contribution is -2.54. The van der Waals surface area contributed by atoms with Crippen LogP contribution in [0.4, 0.5) is 0 Å². The van der Waals surface area contributed by atoms with Crippen LogP contribution in [0, 0.1) is 13.8 Å². The van der Waals surface area contributed by atoms with Crippen LogP contribution in [0.1, 0.15) is 61.3 Å². The second kappa shape index (κ2) is 18.4. The van der Waals surface area contributed by atoms with Crippen molar-refractivity contribution in [1.29, 1.82) is 0 Å². The number of carbonyl (C=O) groups is 3. The van der Waals surface area contributed by atoms with E-state index in [9.17, 15) is 38.1 Å². The van der Waals surface area contributed by atoms with Gasteiger partial charge in [-0.15, -0.1) is 0 Å². The van der Waals surface area contributed by atoms with Crippen molar-refractivity contribution in [2.45, 2.75) is 74.7 Å². The molecule has 2 heterocycles. The molecule has 0 aliphatic heterocycles. The van der Waals surface area contributed by atoms with Crippen molar-refractivity contribution in [3.63, 3.8) is 0 Å². The molecule has 2 aromatic heterocycles. The number of aliphatic carboxylic acids is 3. The Hall–Kier alpha value is -4.96. The number of hydroxylamine groups is 3. The third-order valence-electron chi connectivity index (χ3n) is 9.09. The predicted octanol–water partition coefficient (Wildman–Crippen LogP) is 1.29. The third kappa shape index (κ3) is 11.0. The summed E-state index contributed by atoms with van der Waals surface area (Å²) in [4.78, 5) is 36.5. The largest absolute Gasteiger partial charge is 0.550 e. The van der Waals surface area contributed by atoms with E-state index in [0.717, 1.165) is 53.9 Å². The lowest BCUT2D eigenvalue weighted by Gasteiger charge is -2.30. The minimum atomic E-state index is -3.72. The Morgan fingerprint density at radius 1 is 0.926 bits per heavy atom. The van der Waals surface area contributed by atoms with Crippen LogP contribution < -0.4 is 24.8 Å². The molecular formula is C39H48N2O12S-2. The minimum Gasteiger partial charge on any atom is -0.550 e. The van der Waals surface area contributed by atoms with Gasteiger partial charge in [-0.2, -0.15) is 4.65 Å². The van der Waals surface area contributed by atoms with Gasteiger partial charge >= 0.3 is 0 Å². The van der Waals surface area contributed by atoms with Gasteiger partial charge in [-0.05, 0) is 78.4 Å². The fourth-order valence-corrected chi connectivity index (χ4v) is 7.72. The fourth-order valence-electron chi connectivity index (χ4n) is 5.87. The summed E-state index contributed by atoms with van der Waals surface area (Å²) in [5, 5.41) is 38.9. The summed E-state index contributed by atoms with van der Waals surface area (Å²) in [6.07, 6.45) is 2.77. The normalized spacial score (nSPS) is 12.8. The number of nitrogens with zero attached hydrogens (tertiary/aromatic N) is 2. The molecule has 0 radical (unpaired) electrons. The molecule has 2 aromatic carbocycles. The van der Waals surface area contributed by atoms with E-state index in [1.54, 1.807) is 38.5 Å². The van der Waals surface area contributed by atoms with E-state index >= 15 is 0 Å². The lowest BCUT2D eigenvalue weighted by atomic mass is 9.96. The number of fused-ring (bicyclic) bond motifs is 1. The van der Waals surface area contributed by atoms with Crippen molar-refractivity contribution in [1.82, 2.24) is 4.40 Å². The number of ether oxygens (including phenoxy) is 2. The van der Waals surface area contributed by atoms with E-state index in [1.807, 2.05) is 56.6 Å². The van der Waals surface area contributed by atoms with E-state index in [0.29, 0.717) is 21.9 Å². The Morgan fingerprint density at radius 3 is 2.09 bits per heavy atom. The number of aliphatic hydroxyl groups is 1. The highest BCUT2D eigenvalue weighted by Crippen LogP contribution is 2.35. The molecule has 1 N–H and O–H groups in total. The Balaban J connectivity index is 0.000000515. The summed E-state index contributed by atoms with van der Waals surface area (Å²) in [7, 11) is 1.78. The zero-order valence-electron chi connectivity index (χ0n) is 31.6. The maximum absolute atomic E-state index is 13.8. The van der Waals surface area contributed by atoms with Crippen LogP contribution in [0.25, 0.3) is 5.52 Å². The molecule has 14 nitrogen and oxygen atoms in total. The van der Waals surface area contributed by atoms with Crippen molar-refractivity contribution in [2.75, 3.05) is 41.0 Å². The number of benzene rings is 2. The number of hydrogen-bond acceptors (Lipinski definition) is 12. The molecular weight excluding hydrogens is 720 g/mol. The van der Waals surface area contributed by atoms with Crippen LogP contribution in [-0.4, -0.2) is 87.0 Å². The van der Waals surface area contributed by atoms with Gasteiger partial charge in [0.1, 0.15) is 35.1 Å². The molecule has 1 unspecified atom stereocenters. The molecule has 54 heavy (non-hydrogen) atoms. The summed E-state index contributed by atoms with van der Waals surface area (Å²) in [5.41, 5.74) is 1.84. The first-order valence-corrected chi connectivity index (χ1v) is 18.7. The molecule has 0 aliphatic carbocycles. The van der Waals surface area contributed by atoms with Gasteiger partial charge in [-0.25, -0.2) is 13.3 Å². The predicted molar refractivity (Wildman–Crippen MR) is 192 cm³/mol. The number of carboxylic acids is 3. The molecule has 1 atom stereocenters. The number of methoxy groups -OCH3 is 1. The van der Waals surface area contributed by atoms with Crippen molar-refractivity contribution >= 4 is 33.3 Å². The van der Waals surface area contributed by atoms with E-state index in [2.05, 4.69) is 25.2 Å². The van der Waals surface area contributed by atoms with Crippen LogP contribution in [0.15, 0.2) is 76.8 Å². The lowest BCUT2D eigenvalue weighted by molar-refractivity contribution is -1.09. The fraction of sp³-hybridized carbons (Fsp3) is 0.410. The number of likely N-dealkylation sites (N-methyl/N-ethyl adjacent to an activating group) is 1. The van der Waals surface area contributed by atoms with Crippen molar-refractivity contribution < 1.29 is 62.2 Å². The number of carboxylic acid groups (broad SMARTS) is 3. The van der Waals surface area contributed by atoms with Crippen LogP contribution in [0.2, 0.25) is 0 Å². The Kier molecular flexibility index (Phi) is 14.8. The SMILES string of the molecule is COc1cc(CC[N+](C)(CCCOc2ccc(S(=O)(=O)c3c(C(C)C)cn4cccc(C)c34)cc2)OC)ccc1C.O=C([O-])CC(O)(CC(=O)[O-])C(=O)[O-]. The van der Waals surface area contributed by atoms with Crippen molar-refractivity contribution in [3.8, 4) is 11.5 Å². The van der Waals surface area contributed by atoms with Crippen LogP contribution >= 0.6 is 0 Å². The Morgan fingerprint density at radius 2 is 1.56 bits per heavy atom. The van der Waals surface area contributed by atoms with Gasteiger partial charge in [-0.1, -0.05) is 32.0 Å². The maximum Gasteiger partial charge on any atom is 0.209 e. The zero-order valence-corrected chi connectivity index (χ0v) is 32.4. The first-order chi connectivity index (χ1) is 25.3. The first-order valence-electron chi connectivity index (χ1n) is 17.2. The standard InChI is InChI=1S/C33H43N2O5S.C6H8O7/c1-24(2)30-23-34-18-8-10-26(4)32(34)33(30)41(36,37)29-15-13-28(14-16-29)40-21-9-19-35(5,39-7)20-17-27-12-11-25(3)31(22-27)38-6;7-3(8)1-6(13,5(11)12)2-4(9)10/h8,10-16,18,22-24H,9,17,19-21H2,1-7H3;13H,1-2H2,(H,7,8)(H,9,10)(H,11,12)/q+1;/p-3. The summed E-state index contributed by atoms with van der Waals surface area (Å²) in [6.45, 7) is 10.1. The van der Waals surface area contributed by atoms with E-state index in [1.165, 1.54) is 5.56 Å². The number of sulfone groups is 1. The molecule has 0 saturated carbocycles. The monoisotopic (exact) mass is 768 g/mol. The topological polar surface area (TPSA) is 207 Å². The van der Waals surface area contributed by atoms with Crippen LogP contribution in [0.5, 0.6) is 11.5 Å². The smallest absolute Gasteiger partial charge is 0.209 e. The number of pyridine rings is 1. The number of aryl methyl sites for hydroxylation is 2. The number of carbonyl (C=O) groups excluding carboxylic acids is 3. The van der Waals surface area contributed by atoms with Crippen molar-refractivity contribution in [3.05, 3.63) is 89.2 Å². The molecule has 0 saturated heterocycles. The van der Waals surface area contributed by atoms with Crippen LogP contribution in [0.3, 0.4) is 0 Å². The molecule has 294 valence electrons. The van der Waals surface area contributed by atoms with E-state index < -0.39 is 46.2 Å². The van der Waals surface area contributed by atoms with Crippen LogP contribution in [-0.2, 0) is 35.5 Å². The highest BCUT2D eigenvalue weighted by molar-refractivity contribution is 7.91. The molecule has 0 aliphatic rings. The highest BCUT2D eigenvalue weighted by atomic mass is 32.2. The van der Waals surface area contributed by atoms with Gasteiger partial charge in [0.05, 0.1) is 44.3 Å². The summed E-state index contributed by atoms with van der Waals surface area (Å²) in [6, 6.07) is 16.9. The van der Waals surface area contributed by atoms with Gasteiger partial charge in [0.25, 0.3) is 0 Å². The molecule has 0 bridgehead atoms. The number of quaternary nitrogens is 1. The van der Waals surface area contributed by atoms with Gasteiger partial charge in [0, 0.05) is 50.0 Å². The second-order valence-electron chi connectivity index (χ2n) is 13.6. The van der Waals surface area contributed by atoms with Gasteiger partial charge < -0.3 is 48.7 Å². The second-order valence-corrected chi connectivity index (χ2v) is 15.5. The molecule has 0 fully saturated rings. The number of rotatable bonds is 18. The Bertz CT molecular complexity index is 2020. The highest BCUT2D eigenvalue weighted by Gasteiger charge is 2.30. The Labute approximate surface area is 315 Å². The average molecular weight is 769 g/mol. The molecule has 0 amide bonds. The first kappa shape index (κ1) is 43.4. The summed E-state index contributed by atoms with van der Waals surface area (Å²) >= 11 is 0. The minimum absolute atomic E-state index is 0.0672. The van der Waals surface area contributed by atoms with E-state index in [-0.39, 0.29) is 10.8 Å². The van der Waals surface area contributed by atoms with Crippen molar-refractivity contribution in [2.24, 2.45) is 0 Å². The molecule has 15 heteroatoms. The maximum atomic E-state index is 13.8.